The second-order valence-electron chi connectivity index (χ2n) is 6.53. The predicted octanol–water partition coefficient (Wildman–Crippen LogP) is 5.71. The van der Waals surface area contributed by atoms with Gasteiger partial charge in [0.15, 0.2) is 0 Å². The van der Waals surface area contributed by atoms with Crippen molar-refractivity contribution in [3.05, 3.63) is 29.8 Å². The highest BCUT2D eigenvalue weighted by molar-refractivity contribution is 5.26. The number of phenolic OH excluding ortho intramolecular Hbond substituents is 1. The minimum Gasteiger partial charge on any atom is -0.508 e. The molecule has 0 aliphatic heterocycles. The first-order valence-corrected chi connectivity index (χ1v) is 7.81. The first-order valence-electron chi connectivity index (χ1n) is 7.81. The van der Waals surface area contributed by atoms with Gasteiger partial charge in [0.1, 0.15) is 5.75 Å². The molecule has 0 radical (unpaired) electrons. The van der Waals surface area contributed by atoms with Crippen molar-refractivity contribution in [2.45, 2.75) is 72.1 Å². The number of hydrogen-bond donors (Lipinski definition) is 1. The Balaban J connectivity index is 2.25. The SMILES string of the molecule is CCCCCCCCC(C)(C)Cc1ccc(O)cc1. The van der Waals surface area contributed by atoms with E-state index in [1.54, 1.807) is 12.1 Å². The first kappa shape index (κ1) is 16.1. The maximum absolute atomic E-state index is 9.30. The molecule has 1 aromatic carbocycles. The van der Waals surface area contributed by atoms with Crippen LogP contribution < -0.4 is 0 Å². The molecule has 0 atom stereocenters. The van der Waals surface area contributed by atoms with Gasteiger partial charge in [-0.05, 0) is 36.0 Å². The van der Waals surface area contributed by atoms with Crippen LogP contribution in [0.2, 0.25) is 0 Å². The summed E-state index contributed by atoms with van der Waals surface area (Å²) in [6, 6.07) is 7.66. The molecular formula is C18H30O. The van der Waals surface area contributed by atoms with Gasteiger partial charge in [-0.2, -0.15) is 0 Å². The Bertz CT molecular complexity index is 337. The third-order valence-corrected chi connectivity index (χ3v) is 3.83. The number of aromatic hydroxyl groups is 1. The predicted molar refractivity (Wildman–Crippen MR) is 83.6 cm³/mol. The minimum atomic E-state index is 0.359. The molecule has 0 bridgehead atoms. The molecule has 1 N–H and O–H groups in total. The fourth-order valence-corrected chi connectivity index (χ4v) is 2.64. The highest BCUT2D eigenvalue weighted by Gasteiger charge is 2.17. The van der Waals surface area contributed by atoms with Crippen molar-refractivity contribution >= 4 is 0 Å². The minimum absolute atomic E-state index is 0.359. The van der Waals surface area contributed by atoms with Crippen LogP contribution in [0.15, 0.2) is 24.3 Å². The Kier molecular flexibility index (Phi) is 6.97. The molecule has 19 heavy (non-hydrogen) atoms. The Morgan fingerprint density at radius 3 is 2.11 bits per heavy atom. The van der Waals surface area contributed by atoms with Crippen LogP contribution >= 0.6 is 0 Å². The van der Waals surface area contributed by atoms with E-state index < -0.39 is 0 Å². The van der Waals surface area contributed by atoms with Gasteiger partial charge in [0.2, 0.25) is 0 Å². The molecule has 0 unspecified atom stereocenters. The molecule has 0 aromatic heterocycles. The van der Waals surface area contributed by atoms with Gasteiger partial charge in [-0.15, -0.1) is 0 Å². The van der Waals surface area contributed by atoms with Gasteiger partial charge in [0.05, 0.1) is 0 Å². The molecule has 0 heterocycles. The monoisotopic (exact) mass is 262 g/mol. The topological polar surface area (TPSA) is 20.2 Å². The molecule has 0 amide bonds. The average Bonchev–Trinajstić information content (AvgIpc) is 2.36. The molecule has 1 heteroatoms. The van der Waals surface area contributed by atoms with Crippen molar-refractivity contribution in [1.82, 2.24) is 0 Å². The maximum Gasteiger partial charge on any atom is 0.115 e. The quantitative estimate of drug-likeness (QED) is 0.565. The summed E-state index contributed by atoms with van der Waals surface area (Å²) in [4.78, 5) is 0. The van der Waals surface area contributed by atoms with Crippen LogP contribution in [0.4, 0.5) is 0 Å². The summed E-state index contributed by atoms with van der Waals surface area (Å²) in [5.74, 6) is 0.359. The van der Waals surface area contributed by atoms with Gasteiger partial charge in [-0.25, -0.2) is 0 Å². The third kappa shape index (κ3) is 7.25. The van der Waals surface area contributed by atoms with Crippen molar-refractivity contribution in [1.29, 1.82) is 0 Å². The number of hydrogen-bond acceptors (Lipinski definition) is 1. The van der Waals surface area contributed by atoms with Gasteiger partial charge in [-0.3, -0.25) is 0 Å². The molecule has 0 aliphatic rings. The van der Waals surface area contributed by atoms with Crippen LogP contribution in [-0.2, 0) is 6.42 Å². The van der Waals surface area contributed by atoms with Crippen LogP contribution in [-0.4, -0.2) is 5.11 Å². The van der Waals surface area contributed by atoms with Crippen molar-refractivity contribution in [3.63, 3.8) is 0 Å². The summed E-state index contributed by atoms with van der Waals surface area (Å²) in [6.45, 7) is 6.97. The second-order valence-corrected chi connectivity index (χ2v) is 6.53. The zero-order valence-corrected chi connectivity index (χ0v) is 12.9. The largest absolute Gasteiger partial charge is 0.508 e. The van der Waals surface area contributed by atoms with Gasteiger partial charge >= 0.3 is 0 Å². The fraction of sp³-hybridized carbons (Fsp3) is 0.667. The average molecular weight is 262 g/mol. The lowest BCUT2D eigenvalue weighted by Gasteiger charge is -2.24. The van der Waals surface area contributed by atoms with Crippen LogP contribution in [0.3, 0.4) is 0 Å². The maximum atomic E-state index is 9.30. The van der Waals surface area contributed by atoms with E-state index in [2.05, 4.69) is 20.8 Å². The summed E-state index contributed by atoms with van der Waals surface area (Å²) in [5.41, 5.74) is 1.69. The Morgan fingerprint density at radius 2 is 1.47 bits per heavy atom. The van der Waals surface area contributed by atoms with E-state index >= 15 is 0 Å². The zero-order valence-electron chi connectivity index (χ0n) is 12.9. The van der Waals surface area contributed by atoms with E-state index in [1.807, 2.05) is 12.1 Å². The van der Waals surface area contributed by atoms with Gasteiger partial charge in [0, 0.05) is 0 Å². The van der Waals surface area contributed by atoms with Gasteiger partial charge < -0.3 is 5.11 Å². The number of rotatable bonds is 9. The van der Waals surface area contributed by atoms with E-state index in [0.29, 0.717) is 11.2 Å². The molecule has 108 valence electrons. The molecule has 1 rings (SSSR count). The van der Waals surface area contributed by atoms with Crippen molar-refractivity contribution in [2.75, 3.05) is 0 Å². The lowest BCUT2D eigenvalue weighted by Crippen LogP contribution is -2.14. The smallest absolute Gasteiger partial charge is 0.115 e. The second kappa shape index (κ2) is 8.24. The highest BCUT2D eigenvalue weighted by Crippen LogP contribution is 2.29. The number of phenols is 1. The van der Waals surface area contributed by atoms with Crippen LogP contribution in [0, 0.1) is 5.41 Å². The van der Waals surface area contributed by atoms with Crippen LogP contribution in [0.1, 0.15) is 71.3 Å². The molecule has 0 saturated heterocycles. The normalized spacial score (nSPS) is 11.7. The van der Waals surface area contributed by atoms with Gasteiger partial charge in [-0.1, -0.05) is 71.4 Å². The summed E-state index contributed by atoms with van der Waals surface area (Å²) in [6.07, 6.45) is 10.6. The summed E-state index contributed by atoms with van der Waals surface area (Å²) in [7, 11) is 0. The molecule has 1 nitrogen and oxygen atoms in total. The third-order valence-electron chi connectivity index (χ3n) is 3.83. The Hall–Kier alpha value is -0.980. The molecule has 1 aromatic rings. The van der Waals surface area contributed by atoms with Crippen LogP contribution in [0.5, 0.6) is 5.75 Å². The lowest BCUT2D eigenvalue weighted by molar-refractivity contribution is 0.316. The zero-order chi connectivity index (χ0) is 14.1. The molecular weight excluding hydrogens is 232 g/mol. The molecule has 0 spiro atoms. The first-order chi connectivity index (χ1) is 9.03. The van der Waals surface area contributed by atoms with Crippen molar-refractivity contribution in [3.8, 4) is 5.75 Å². The molecule has 0 fully saturated rings. The summed E-state index contributed by atoms with van der Waals surface area (Å²) < 4.78 is 0. The van der Waals surface area contributed by atoms with E-state index in [-0.39, 0.29) is 0 Å². The highest BCUT2D eigenvalue weighted by atomic mass is 16.3. The molecule has 0 saturated carbocycles. The summed E-state index contributed by atoms with van der Waals surface area (Å²) in [5, 5.41) is 9.30. The van der Waals surface area contributed by atoms with E-state index in [9.17, 15) is 5.11 Å². The van der Waals surface area contributed by atoms with Gasteiger partial charge in [0.25, 0.3) is 0 Å². The van der Waals surface area contributed by atoms with Crippen molar-refractivity contribution in [2.24, 2.45) is 5.41 Å². The number of unbranched alkanes of at least 4 members (excludes halogenated alkanes) is 5. The molecule has 0 aliphatic carbocycles. The van der Waals surface area contributed by atoms with E-state index in [0.717, 1.165) is 6.42 Å². The van der Waals surface area contributed by atoms with Crippen LogP contribution in [0.25, 0.3) is 0 Å². The Morgan fingerprint density at radius 1 is 0.895 bits per heavy atom. The van der Waals surface area contributed by atoms with Crippen molar-refractivity contribution < 1.29 is 5.11 Å². The lowest BCUT2D eigenvalue weighted by atomic mass is 9.81. The number of benzene rings is 1. The summed E-state index contributed by atoms with van der Waals surface area (Å²) >= 11 is 0. The fourth-order valence-electron chi connectivity index (χ4n) is 2.64. The van der Waals surface area contributed by atoms with E-state index in [1.165, 1.54) is 50.5 Å². The standard InChI is InChI=1S/C18H30O/c1-4-5-6-7-8-9-14-18(2,3)15-16-10-12-17(19)13-11-16/h10-13,19H,4-9,14-15H2,1-3H3. The Labute approximate surface area is 119 Å². The van der Waals surface area contributed by atoms with E-state index in [4.69, 9.17) is 0 Å².